The standard InChI is InChI=1S/C20H21BrN2O2/c1-12-5-4-6-13(2)19(12)23-11-15(10-18(23)24)20(25)22-16-7-8-17(21)14(3)9-16/h4-9,15H,10-11H2,1-3H3,(H,22,25)/t15-/m0/s1. The number of anilines is 2. The van der Waals surface area contributed by atoms with Crippen molar-refractivity contribution in [2.24, 2.45) is 5.92 Å². The van der Waals surface area contributed by atoms with E-state index in [0.717, 1.165) is 32.5 Å². The SMILES string of the molecule is Cc1cc(NC(=O)[C@H]2CC(=O)N(c3c(C)cccc3C)C2)ccc1Br. The fourth-order valence-electron chi connectivity index (χ4n) is 3.30. The molecule has 130 valence electrons. The molecule has 1 atom stereocenters. The van der Waals surface area contributed by atoms with Crippen molar-refractivity contribution < 1.29 is 9.59 Å². The van der Waals surface area contributed by atoms with Gasteiger partial charge in [0.1, 0.15) is 0 Å². The van der Waals surface area contributed by atoms with Crippen LogP contribution in [-0.4, -0.2) is 18.4 Å². The van der Waals surface area contributed by atoms with E-state index in [1.807, 2.05) is 57.2 Å². The number of carbonyl (C=O) groups excluding carboxylic acids is 2. The first-order chi connectivity index (χ1) is 11.9. The van der Waals surface area contributed by atoms with Gasteiger partial charge in [-0.15, -0.1) is 0 Å². The summed E-state index contributed by atoms with van der Waals surface area (Å²) in [6, 6.07) is 11.7. The minimum Gasteiger partial charge on any atom is -0.326 e. The van der Waals surface area contributed by atoms with Crippen molar-refractivity contribution in [3.8, 4) is 0 Å². The van der Waals surface area contributed by atoms with Crippen LogP contribution >= 0.6 is 15.9 Å². The number of para-hydroxylation sites is 1. The first kappa shape index (κ1) is 17.7. The zero-order valence-corrected chi connectivity index (χ0v) is 16.2. The van der Waals surface area contributed by atoms with Crippen LogP contribution in [0.1, 0.15) is 23.1 Å². The molecule has 0 aromatic heterocycles. The number of hydrogen-bond acceptors (Lipinski definition) is 2. The highest BCUT2D eigenvalue weighted by Gasteiger charge is 2.36. The second kappa shape index (κ2) is 7.00. The van der Waals surface area contributed by atoms with E-state index in [2.05, 4.69) is 21.2 Å². The topological polar surface area (TPSA) is 49.4 Å². The molecule has 1 N–H and O–H groups in total. The minimum absolute atomic E-state index is 0.00420. The summed E-state index contributed by atoms with van der Waals surface area (Å²) in [6.45, 7) is 6.38. The third-order valence-corrected chi connectivity index (χ3v) is 5.52. The van der Waals surface area contributed by atoms with E-state index < -0.39 is 0 Å². The summed E-state index contributed by atoms with van der Waals surface area (Å²) in [4.78, 5) is 26.8. The number of halogens is 1. The molecule has 0 bridgehead atoms. The first-order valence-electron chi connectivity index (χ1n) is 8.30. The fourth-order valence-corrected chi connectivity index (χ4v) is 3.54. The van der Waals surface area contributed by atoms with Crippen molar-refractivity contribution in [2.75, 3.05) is 16.8 Å². The molecule has 2 aromatic carbocycles. The quantitative estimate of drug-likeness (QED) is 0.831. The van der Waals surface area contributed by atoms with Crippen LogP contribution in [0.2, 0.25) is 0 Å². The molecule has 4 nitrogen and oxygen atoms in total. The Morgan fingerprint density at radius 3 is 2.44 bits per heavy atom. The Balaban J connectivity index is 1.75. The van der Waals surface area contributed by atoms with Gasteiger partial charge < -0.3 is 10.2 Å². The van der Waals surface area contributed by atoms with Gasteiger partial charge in [0, 0.05) is 28.8 Å². The lowest BCUT2D eigenvalue weighted by Crippen LogP contribution is -2.29. The number of benzene rings is 2. The zero-order chi connectivity index (χ0) is 18.1. The van der Waals surface area contributed by atoms with Crippen LogP contribution < -0.4 is 10.2 Å². The van der Waals surface area contributed by atoms with Gasteiger partial charge in [-0.1, -0.05) is 34.1 Å². The van der Waals surface area contributed by atoms with Gasteiger partial charge in [-0.05, 0) is 55.7 Å². The molecule has 3 rings (SSSR count). The maximum absolute atomic E-state index is 12.6. The summed E-state index contributed by atoms with van der Waals surface area (Å²) in [6.07, 6.45) is 0.245. The van der Waals surface area contributed by atoms with E-state index in [-0.39, 0.29) is 24.2 Å². The average molecular weight is 401 g/mol. The summed E-state index contributed by atoms with van der Waals surface area (Å²) in [7, 11) is 0. The van der Waals surface area contributed by atoms with E-state index in [1.165, 1.54) is 0 Å². The Morgan fingerprint density at radius 2 is 1.80 bits per heavy atom. The Kier molecular flexibility index (Phi) is 4.95. The predicted octanol–water partition coefficient (Wildman–Crippen LogP) is 4.37. The first-order valence-corrected chi connectivity index (χ1v) is 9.09. The van der Waals surface area contributed by atoms with Crippen LogP contribution in [0.25, 0.3) is 0 Å². The largest absolute Gasteiger partial charge is 0.326 e. The van der Waals surface area contributed by atoms with Gasteiger partial charge in [-0.3, -0.25) is 9.59 Å². The number of hydrogen-bond donors (Lipinski definition) is 1. The molecule has 0 aliphatic carbocycles. The van der Waals surface area contributed by atoms with Crippen LogP contribution in [0.15, 0.2) is 40.9 Å². The van der Waals surface area contributed by atoms with Gasteiger partial charge in [0.2, 0.25) is 11.8 Å². The van der Waals surface area contributed by atoms with Crippen LogP contribution in [0, 0.1) is 26.7 Å². The average Bonchev–Trinajstić information content (AvgIpc) is 2.93. The molecule has 1 heterocycles. The maximum Gasteiger partial charge on any atom is 0.229 e. The van der Waals surface area contributed by atoms with Crippen molar-refractivity contribution in [3.05, 3.63) is 57.6 Å². The van der Waals surface area contributed by atoms with Crippen molar-refractivity contribution >= 4 is 39.1 Å². The zero-order valence-electron chi connectivity index (χ0n) is 14.6. The van der Waals surface area contributed by atoms with E-state index in [9.17, 15) is 9.59 Å². The Morgan fingerprint density at radius 1 is 1.12 bits per heavy atom. The van der Waals surface area contributed by atoms with E-state index >= 15 is 0 Å². The smallest absolute Gasteiger partial charge is 0.229 e. The summed E-state index contributed by atoms with van der Waals surface area (Å²) in [5.41, 5.74) is 4.85. The molecule has 2 aromatic rings. The molecule has 5 heteroatoms. The third-order valence-electron chi connectivity index (χ3n) is 4.63. The number of amides is 2. The molecule has 0 saturated carbocycles. The van der Waals surface area contributed by atoms with Crippen molar-refractivity contribution in [3.63, 3.8) is 0 Å². The molecule has 1 aliphatic rings. The van der Waals surface area contributed by atoms with Crippen molar-refractivity contribution in [2.45, 2.75) is 27.2 Å². The summed E-state index contributed by atoms with van der Waals surface area (Å²) in [5.74, 6) is -0.441. The fraction of sp³-hybridized carbons (Fsp3) is 0.300. The lowest BCUT2D eigenvalue weighted by Gasteiger charge is -2.21. The molecule has 1 saturated heterocycles. The maximum atomic E-state index is 12.6. The molecule has 25 heavy (non-hydrogen) atoms. The molecular weight excluding hydrogens is 380 g/mol. The van der Waals surface area contributed by atoms with Gasteiger partial charge >= 0.3 is 0 Å². The molecular formula is C20H21BrN2O2. The van der Waals surface area contributed by atoms with Gasteiger partial charge in [0.15, 0.2) is 0 Å². The second-order valence-corrected chi connectivity index (χ2v) is 7.45. The molecule has 0 radical (unpaired) electrons. The summed E-state index contributed by atoms with van der Waals surface area (Å²) in [5, 5.41) is 2.94. The van der Waals surface area contributed by atoms with Gasteiger partial charge in [-0.2, -0.15) is 0 Å². The molecule has 1 aliphatic heterocycles. The number of rotatable bonds is 3. The lowest BCUT2D eigenvalue weighted by atomic mass is 10.1. The van der Waals surface area contributed by atoms with Crippen molar-refractivity contribution in [1.82, 2.24) is 0 Å². The van der Waals surface area contributed by atoms with Crippen LogP contribution in [-0.2, 0) is 9.59 Å². The number of nitrogens with one attached hydrogen (secondary N) is 1. The number of carbonyl (C=O) groups is 2. The summed E-state index contributed by atoms with van der Waals surface area (Å²) < 4.78 is 1.00. The monoisotopic (exact) mass is 400 g/mol. The molecule has 2 amide bonds. The molecule has 1 fully saturated rings. The Labute approximate surface area is 156 Å². The minimum atomic E-state index is -0.338. The summed E-state index contributed by atoms with van der Waals surface area (Å²) >= 11 is 3.45. The van der Waals surface area contributed by atoms with Crippen LogP contribution in [0.5, 0.6) is 0 Å². The highest BCUT2D eigenvalue weighted by atomic mass is 79.9. The lowest BCUT2D eigenvalue weighted by molar-refractivity contribution is -0.122. The predicted molar refractivity (Wildman–Crippen MR) is 104 cm³/mol. The van der Waals surface area contributed by atoms with Gasteiger partial charge in [-0.25, -0.2) is 0 Å². The Hall–Kier alpha value is -2.14. The van der Waals surface area contributed by atoms with Crippen LogP contribution in [0.4, 0.5) is 11.4 Å². The van der Waals surface area contributed by atoms with Gasteiger partial charge in [0.25, 0.3) is 0 Å². The van der Waals surface area contributed by atoms with E-state index in [1.54, 1.807) is 4.90 Å². The highest BCUT2D eigenvalue weighted by molar-refractivity contribution is 9.10. The number of nitrogens with zero attached hydrogens (tertiary/aromatic N) is 1. The second-order valence-electron chi connectivity index (χ2n) is 6.60. The highest BCUT2D eigenvalue weighted by Crippen LogP contribution is 2.31. The third kappa shape index (κ3) is 3.61. The Bertz CT molecular complexity index is 827. The van der Waals surface area contributed by atoms with Gasteiger partial charge in [0.05, 0.1) is 5.92 Å². The van der Waals surface area contributed by atoms with E-state index in [0.29, 0.717) is 6.54 Å². The van der Waals surface area contributed by atoms with Crippen molar-refractivity contribution in [1.29, 1.82) is 0 Å². The number of aryl methyl sites for hydroxylation is 3. The normalized spacial score (nSPS) is 17.0. The van der Waals surface area contributed by atoms with Crippen LogP contribution in [0.3, 0.4) is 0 Å². The molecule has 0 unspecified atom stereocenters. The van der Waals surface area contributed by atoms with E-state index in [4.69, 9.17) is 0 Å². The molecule has 0 spiro atoms.